The molecule has 13 heteroatoms. The van der Waals surface area contributed by atoms with Gasteiger partial charge < -0.3 is 19.9 Å². The topological polar surface area (TPSA) is 153 Å². The van der Waals surface area contributed by atoms with Gasteiger partial charge in [-0.25, -0.2) is 18.5 Å². The Bertz CT molecular complexity index is 1550. The maximum atomic E-state index is 13.9. The Morgan fingerprint density at radius 2 is 1.93 bits per heavy atom. The Hall–Kier alpha value is -4.02. The van der Waals surface area contributed by atoms with Gasteiger partial charge in [0.1, 0.15) is 27.3 Å². The van der Waals surface area contributed by atoms with Crippen LogP contribution in [0, 0.1) is 24.1 Å². The summed E-state index contributed by atoms with van der Waals surface area (Å²) in [7, 11) is 1.46. The summed E-state index contributed by atoms with van der Waals surface area (Å²) in [6.07, 6.45) is 0.451. The van der Waals surface area contributed by atoms with Crippen molar-refractivity contribution in [1.82, 2.24) is 14.5 Å². The van der Waals surface area contributed by atoms with Crippen molar-refractivity contribution in [3.8, 4) is 11.8 Å². The number of amides is 1. The molecule has 2 heterocycles. The average Bonchev–Trinajstić information content (AvgIpc) is 3.26. The van der Waals surface area contributed by atoms with Crippen LogP contribution in [0.15, 0.2) is 27.8 Å². The highest BCUT2D eigenvalue weighted by molar-refractivity contribution is 7.20. The first-order valence-electron chi connectivity index (χ1n) is 13.0. The van der Waals surface area contributed by atoms with E-state index >= 15 is 0 Å². The third-order valence-electron chi connectivity index (χ3n) is 5.97. The highest BCUT2D eigenvalue weighted by Gasteiger charge is 2.27. The minimum Gasteiger partial charge on any atom is -0.496 e. The largest absolute Gasteiger partial charge is 0.496 e. The standard InChI is InChI=1S/C25H30FN3O6S.C3H5NO/c1-7-35-24(32)20-14(4)19-22(31)29(15(5)21(30)27-13(2)3)25(33)28(23(19)36-20)11-10-16-12-17(26)8-9-18(16)34-6;4-2-1-3-5/h8-9,12-13,15H,7,10-11H2,1-6H3,(H,27,30);5H,1,3H2/t15-;/m1./s1. The highest BCUT2D eigenvalue weighted by atomic mass is 32.1. The number of aryl methyl sites for hydroxylation is 3. The number of aliphatic hydroxyl groups excluding tert-OH is 1. The fourth-order valence-corrected chi connectivity index (χ4v) is 5.25. The van der Waals surface area contributed by atoms with E-state index < -0.39 is 35.0 Å². The number of nitrogens with one attached hydrogen (secondary N) is 1. The average molecular weight is 591 g/mol. The van der Waals surface area contributed by atoms with Gasteiger partial charge in [-0.05, 0) is 70.4 Å². The van der Waals surface area contributed by atoms with E-state index in [4.69, 9.17) is 19.8 Å². The molecular weight excluding hydrogens is 555 g/mol. The minimum atomic E-state index is -1.10. The Morgan fingerprint density at radius 1 is 1.24 bits per heavy atom. The number of carbonyl (C=O) groups is 2. The number of ether oxygens (including phenoxy) is 2. The molecule has 0 saturated carbocycles. The number of nitriles is 1. The summed E-state index contributed by atoms with van der Waals surface area (Å²) in [5.74, 6) is -1.09. The number of hydrogen-bond acceptors (Lipinski definition) is 9. The number of thiophene rings is 1. The van der Waals surface area contributed by atoms with Crippen LogP contribution >= 0.6 is 11.3 Å². The third-order valence-corrected chi connectivity index (χ3v) is 7.27. The van der Waals surface area contributed by atoms with Crippen molar-refractivity contribution >= 4 is 33.4 Å². The molecule has 0 saturated heterocycles. The van der Waals surface area contributed by atoms with Crippen molar-refractivity contribution in [3.63, 3.8) is 0 Å². The van der Waals surface area contributed by atoms with Gasteiger partial charge in [0.25, 0.3) is 5.56 Å². The number of hydrogen-bond donors (Lipinski definition) is 2. The van der Waals surface area contributed by atoms with E-state index in [1.807, 2.05) is 0 Å². The summed E-state index contributed by atoms with van der Waals surface area (Å²) in [5, 5.41) is 18.4. The van der Waals surface area contributed by atoms with Crippen LogP contribution in [0.5, 0.6) is 5.75 Å². The Kier molecular flexibility index (Phi) is 12.2. The van der Waals surface area contributed by atoms with E-state index in [2.05, 4.69) is 5.32 Å². The monoisotopic (exact) mass is 590 g/mol. The van der Waals surface area contributed by atoms with Crippen LogP contribution in [0.1, 0.15) is 61.0 Å². The van der Waals surface area contributed by atoms with Crippen LogP contribution in [0.3, 0.4) is 0 Å². The van der Waals surface area contributed by atoms with Gasteiger partial charge in [0, 0.05) is 12.6 Å². The van der Waals surface area contributed by atoms with Gasteiger partial charge in [0.2, 0.25) is 5.91 Å². The summed E-state index contributed by atoms with van der Waals surface area (Å²) >= 11 is 0.984. The van der Waals surface area contributed by atoms with Crippen LogP contribution in [0.2, 0.25) is 0 Å². The number of rotatable bonds is 10. The van der Waals surface area contributed by atoms with E-state index in [1.54, 1.807) is 33.8 Å². The number of aliphatic hydroxyl groups is 1. The van der Waals surface area contributed by atoms with E-state index in [1.165, 1.54) is 36.8 Å². The summed E-state index contributed by atoms with van der Waals surface area (Å²) in [6.45, 7) is 8.49. The molecule has 1 aromatic carbocycles. The van der Waals surface area contributed by atoms with Gasteiger partial charge >= 0.3 is 11.7 Å². The lowest BCUT2D eigenvalue weighted by Gasteiger charge is -2.19. The second kappa shape index (κ2) is 15.1. The van der Waals surface area contributed by atoms with Crippen LogP contribution in [-0.2, 0) is 22.5 Å². The zero-order valence-corrected chi connectivity index (χ0v) is 24.8. The quantitative estimate of drug-likeness (QED) is 0.342. The van der Waals surface area contributed by atoms with Crippen LogP contribution < -0.4 is 21.3 Å². The predicted octanol–water partition coefficient (Wildman–Crippen LogP) is 3.08. The summed E-state index contributed by atoms with van der Waals surface area (Å²) in [6, 6.07) is 4.56. The molecular formula is C28H35FN4O7S. The molecule has 2 aromatic heterocycles. The first kappa shape index (κ1) is 33.2. The van der Waals surface area contributed by atoms with Crippen LogP contribution in [-0.4, -0.2) is 52.5 Å². The lowest BCUT2D eigenvalue weighted by atomic mass is 10.1. The maximum absolute atomic E-state index is 13.9. The SMILES string of the molecule is CCOC(=O)c1sc2c(c1C)c(=O)n([C@H](C)C(=O)NC(C)C)c(=O)n2CCc1cc(F)ccc1OC.N#CCCO. The molecule has 2 N–H and O–H groups in total. The number of aromatic nitrogens is 2. The van der Waals surface area contributed by atoms with Crippen LogP contribution in [0.25, 0.3) is 10.2 Å². The van der Waals surface area contributed by atoms with E-state index in [0.717, 1.165) is 15.9 Å². The molecule has 0 aliphatic heterocycles. The molecule has 11 nitrogen and oxygen atoms in total. The first-order chi connectivity index (χ1) is 19.4. The fourth-order valence-electron chi connectivity index (χ4n) is 4.04. The van der Waals surface area contributed by atoms with Gasteiger partial charge in [0.15, 0.2) is 0 Å². The summed E-state index contributed by atoms with van der Waals surface area (Å²) in [4.78, 5) is 52.9. The Labute approximate surface area is 240 Å². The maximum Gasteiger partial charge on any atom is 0.348 e. The van der Waals surface area contributed by atoms with Gasteiger partial charge in [0.05, 0.1) is 38.2 Å². The van der Waals surface area contributed by atoms with Crippen molar-refractivity contribution in [1.29, 1.82) is 5.26 Å². The molecule has 0 aliphatic carbocycles. The van der Waals surface area contributed by atoms with E-state index in [0.29, 0.717) is 16.9 Å². The second-order valence-electron chi connectivity index (χ2n) is 9.24. The molecule has 0 bridgehead atoms. The van der Waals surface area contributed by atoms with E-state index in [-0.39, 0.29) is 53.7 Å². The normalized spacial score (nSPS) is 11.4. The highest BCUT2D eigenvalue weighted by Crippen LogP contribution is 2.29. The van der Waals surface area contributed by atoms with Crippen molar-refractivity contribution in [2.45, 2.75) is 66.1 Å². The number of esters is 1. The van der Waals surface area contributed by atoms with Gasteiger partial charge in [-0.15, -0.1) is 11.3 Å². The number of carbonyl (C=O) groups excluding carboxylic acids is 2. The first-order valence-corrected chi connectivity index (χ1v) is 13.8. The zero-order valence-electron chi connectivity index (χ0n) is 23.9. The van der Waals surface area contributed by atoms with Crippen molar-refractivity contribution < 1.29 is 28.6 Å². The zero-order chi connectivity index (χ0) is 30.9. The second-order valence-corrected chi connectivity index (χ2v) is 10.2. The molecule has 0 aliphatic rings. The molecule has 222 valence electrons. The summed E-state index contributed by atoms with van der Waals surface area (Å²) < 4.78 is 26.6. The number of halogens is 1. The molecule has 0 radical (unpaired) electrons. The number of methoxy groups -OCH3 is 1. The third kappa shape index (κ3) is 7.80. The Morgan fingerprint density at radius 3 is 2.46 bits per heavy atom. The molecule has 0 unspecified atom stereocenters. The van der Waals surface area contributed by atoms with Crippen molar-refractivity contribution in [2.75, 3.05) is 20.3 Å². The molecule has 3 aromatic rings. The fraction of sp³-hybridized carbons (Fsp3) is 0.464. The molecule has 1 amide bonds. The van der Waals surface area contributed by atoms with Crippen molar-refractivity contribution in [2.24, 2.45) is 0 Å². The van der Waals surface area contributed by atoms with E-state index in [9.17, 15) is 23.6 Å². The molecule has 0 fully saturated rings. The lowest BCUT2D eigenvalue weighted by molar-refractivity contribution is -0.124. The van der Waals surface area contributed by atoms with Gasteiger partial charge in [-0.2, -0.15) is 5.26 Å². The number of fused-ring (bicyclic) bond motifs is 1. The Balaban J connectivity index is 0.00000108. The molecule has 41 heavy (non-hydrogen) atoms. The van der Waals surface area contributed by atoms with Crippen LogP contribution in [0.4, 0.5) is 4.39 Å². The van der Waals surface area contributed by atoms with Gasteiger partial charge in [-0.1, -0.05) is 0 Å². The lowest BCUT2D eigenvalue weighted by Crippen LogP contribution is -2.47. The number of nitrogens with zero attached hydrogens (tertiary/aromatic N) is 3. The minimum absolute atomic E-state index is 0.0174. The smallest absolute Gasteiger partial charge is 0.348 e. The predicted molar refractivity (Wildman–Crippen MR) is 153 cm³/mol. The van der Waals surface area contributed by atoms with Crippen molar-refractivity contribution in [3.05, 3.63) is 60.9 Å². The summed E-state index contributed by atoms with van der Waals surface area (Å²) in [5.41, 5.74) is -0.461. The van der Waals surface area contributed by atoms with Gasteiger partial charge in [-0.3, -0.25) is 14.2 Å². The number of benzene rings is 1. The molecule has 3 rings (SSSR count). The molecule has 1 atom stereocenters. The molecule has 0 spiro atoms.